The number of hydrogen-bond donors (Lipinski definition) is 2. The monoisotopic (exact) mass is 231 g/mol. The van der Waals surface area contributed by atoms with Crippen LogP contribution in [0.3, 0.4) is 0 Å². The first-order valence-electron chi connectivity index (χ1n) is 5.68. The number of rotatable bonds is 1. The molecule has 2 heterocycles. The number of anilines is 2. The van der Waals surface area contributed by atoms with Gasteiger partial charge in [0.2, 0.25) is 11.8 Å². The van der Waals surface area contributed by atoms with Gasteiger partial charge < -0.3 is 15.5 Å². The smallest absolute Gasteiger partial charge is 0.246 e. The molecule has 5 heteroatoms. The van der Waals surface area contributed by atoms with Crippen molar-refractivity contribution in [2.45, 2.75) is 6.42 Å². The van der Waals surface area contributed by atoms with E-state index in [1.807, 2.05) is 18.2 Å². The molecule has 3 rings (SSSR count). The number of amides is 2. The Morgan fingerprint density at radius 3 is 2.94 bits per heavy atom. The fourth-order valence-corrected chi connectivity index (χ4v) is 2.25. The Bertz CT molecular complexity index is 499. The summed E-state index contributed by atoms with van der Waals surface area (Å²) in [4.78, 5) is 24.6. The average Bonchev–Trinajstić information content (AvgIpc) is 2.79. The predicted molar refractivity (Wildman–Crippen MR) is 64.0 cm³/mol. The summed E-state index contributed by atoms with van der Waals surface area (Å²) in [6, 6.07) is 5.84. The second kappa shape index (κ2) is 3.76. The molecule has 1 aromatic carbocycles. The lowest BCUT2D eigenvalue weighted by Gasteiger charge is -2.27. The number of nitrogens with zero attached hydrogens (tertiary/aromatic N) is 1. The van der Waals surface area contributed by atoms with Crippen molar-refractivity contribution in [3.63, 3.8) is 0 Å². The van der Waals surface area contributed by atoms with E-state index in [0.717, 1.165) is 24.3 Å². The third-order valence-corrected chi connectivity index (χ3v) is 3.15. The second-order valence-corrected chi connectivity index (χ2v) is 4.27. The Morgan fingerprint density at radius 2 is 2.06 bits per heavy atom. The van der Waals surface area contributed by atoms with E-state index in [-0.39, 0.29) is 24.9 Å². The molecule has 1 saturated heterocycles. The lowest BCUT2D eigenvalue weighted by molar-refractivity contribution is -0.128. The van der Waals surface area contributed by atoms with E-state index in [0.29, 0.717) is 0 Å². The third-order valence-electron chi connectivity index (χ3n) is 3.15. The zero-order chi connectivity index (χ0) is 11.8. The largest absolute Gasteiger partial charge is 0.384 e. The molecule has 1 aromatic rings. The lowest BCUT2D eigenvalue weighted by atomic mass is 10.1. The van der Waals surface area contributed by atoms with Gasteiger partial charge >= 0.3 is 0 Å². The van der Waals surface area contributed by atoms with Crippen molar-refractivity contribution in [1.82, 2.24) is 5.32 Å². The van der Waals surface area contributed by atoms with Crippen molar-refractivity contribution >= 4 is 23.2 Å². The minimum Gasteiger partial charge on any atom is -0.384 e. The summed E-state index contributed by atoms with van der Waals surface area (Å²) < 4.78 is 0. The van der Waals surface area contributed by atoms with Crippen molar-refractivity contribution < 1.29 is 9.59 Å². The molecule has 0 radical (unpaired) electrons. The average molecular weight is 231 g/mol. The Labute approximate surface area is 98.8 Å². The summed E-state index contributed by atoms with van der Waals surface area (Å²) in [5.74, 6) is -0.168. The van der Waals surface area contributed by atoms with Crippen molar-refractivity contribution in [2.24, 2.45) is 0 Å². The fraction of sp³-hybridized carbons (Fsp3) is 0.333. The standard InChI is InChI=1S/C12H13N3O2/c16-11-7-15(12(17)6-14-11)9-1-2-10-8(5-9)3-4-13-10/h1-2,5,13H,3-4,6-7H2,(H,14,16). The van der Waals surface area contributed by atoms with Crippen molar-refractivity contribution in [1.29, 1.82) is 0 Å². The summed E-state index contributed by atoms with van der Waals surface area (Å²) in [6.07, 6.45) is 0.970. The van der Waals surface area contributed by atoms with E-state index in [1.54, 1.807) is 0 Å². The van der Waals surface area contributed by atoms with Crippen LogP contribution in [0, 0.1) is 0 Å². The highest BCUT2D eigenvalue weighted by Gasteiger charge is 2.25. The maximum Gasteiger partial charge on any atom is 0.246 e. The number of hydrogen-bond acceptors (Lipinski definition) is 3. The van der Waals surface area contributed by atoms with Crippen LogP contribution in [0.25, 0.3) is 0 Å². The molecule has 0 aliphatic carbocycles. The highest BCUT2D eigenvalue weighted by molar-refractivity contribution is 6.04. The molecular weight excluding hydrogens is 218 g/mol. The van der Waals surface area contributed by atoms with Gasteiger partial charge in [-0.1, -0.05) is 0 Å². The van der Waals surface area contributed by atoms with Gasteiger partial charge in [-0.05, 0) is 30.2 Å². The number of benzene rings is 1. The Balaban J connectivity index is 1.92. The van der Waals surface area contributed by atoms with Gasteiger partial charge in [-0.3, -0.25) is 9.59 Å². The van der Waals surface area contributed by atoms with E-state index >= 15 is 0 Å². The molecule has 2 aliphatic heterocycles. The van der Waals surface area contributed by atoms with Gasteiger partial charge in [0.05, 0.1) is 6.54 Å². The molecule has 0 saturated carbocycles. The van der Waals surface area contributed by atoms with Crippen LogP contribution in [0.2, 0.25) is 0 Å². The molecule has 0 atom stereocenters. The van der Waals surface area contributed by atoms with Crippen molar-refractivity contribution in [3.05, 3.63) is 23.8 Å². The fourth-order valence-electron chi connectivity index (χ4n) is 2.25. The molecule has 1 fully saturated rings. The third kappa shape index (κ3) is 1.73. The van der Waals surface area contributed by atoms with Crippen molar-refractivity contribution in [3.8, 4) is 0 Å². The lowest BCUT2D eigenvalue weighted by Crippen LogP contribution is -2.51. The topological polar surface area (TPSA) is 61.4 Å². The van der Waals surface area contributed by atoms with Gasteiger partial charge in [0.25, 0.3) is 0 Å². The predicted octanol–water partition coefficient (Wildman–Crippen LogP) is 0.117. The highest BCUT2D eigenvalue weighted by Crippen LogP contribution is 2.27. The molecule has 5 nitrogen and oxygen atoms in total. The SMILES string of the molecule is O=C1CN(c2ccc3c(c2)CCN3)C(=O)CN1. The maximum atomic E-state index is 11.7. The number of carbonyl (C=O) groups is 2. The van der Waals surface area contributed by atoms with Gasteiger partial charge in [-0.2, -0.15) is 0 Å². The van der Waals surface area contributed by atoms with Crippen LogP contribution in [0.5, 0.6) is 0 Å². The van der Waals surface area contributed by atoms with Crippen LogP contribution in [0.4, 0.5) is 11.4 Å². The number of piperazine rings is 1. The molecule has 0 aromatic heterocycles. The molecule has 0 spiro atoms. The van der Waals surface area contributed by atoms with Crippen LogP contribution in [0.15, 0.2) is 18.2 Å². The van der Waals surface area contributed by atoms with Gasteiger partial charge in [0.1, 0.15) is 6.54 Å². The number of fused-ring (bicyclic) bond motifs is 1. The van der Waals surface area contributed by atoms with E-state index < -0.39 is 0 Å². The van der Waals surface area contributed by atoms with Crippen LogP contribution in [-0.2, 0) is 16.0 Å². The zero-order valence-corrected chi connectivity index (χ0v) is 9.32. The molecule has 2 aliphatic rings. The van der Waals surface area contributed by atoms with Crippen LogP contribution in [-0.4, -0.2) is 31.4 Å². The Kier molecular flexibility index (Phi) is 2.24. The van der Waals surface area contributed by atoms with Gasteiger partial charge in [-0.15, -0.1) is 0 Å². The van der Waals surface area contributed by atoms with Crippen LogP contribution in [0.1, 0.15) is 5.56 Å². The first-order valence-corrected chi connectivity index (χ1v) is 5.68. The molecule has 2 amide bonds. The minimum atomic E-state index is -0.108. The van der Waals surface area contributed by atoms with E-state index in [1.165, 1.54) is 10.5 Å². The molecular formula is C12H13N3O2. The van der Waals surface area contributed by atoms with Crippen LogP contribution < -0.4 is 15.5 Å². The Morgan fingerprint density at radius 1 is 1.18 bits per heavy atom. The highest BCUT2D eigenvalue weighted by atomic mass is 16.2. The first-order chi connectivity index (χ1) is 8.24. The quantitative estimate of drug-likeness (QED) is 0.721. The summed E-state index contributed by atoms with van der Waals surface area (Å²) in [5.41, 5.74) is 3.15. The number of carbonyl (C=O) groups excluding carboxylic acids is 2. The molecule has 2 N–H and O–H groups in total. The Hall–Kier alpha value is -2.04. The van der Waals surface area contributed by atoms with Gasteiger partial charge in [-0.25, -0.2) is 0 Å². The van der Waals surface area contributed by atoms with Crippen LogP contribution >= 0.6 is 0 Å². The second-order valence-electron chi connectivity index (χ2n) is 4.27. The van der Waals surface area contributed by atoms with E-state index in [2.05, 4.69) is 10.6 Å². The zero-order valence-electron chi connectivity index (χ0n) is 9.32. The number of nitrogens with one attached hydrogen (secondary N) is 2. The maximum absolute atomic E-state index is 11.7. The van der Waals surface area contributed by atoms with Gasteiger partial charge in [0.15, 0.2) is 0 Å². The van der Waals surface area contributed by atoms with Gasteiger partial charge in [0, 0.05) is 17.9 Å². The van der Waals surface area contributed by atoms with E-state index in [4.69, 9.17) is 0 Å². The van der Waals surface area contributed by atoms with E-state index in [9.17, 15) is 9.59 Å². The molecule has 17 heavy (non-hydrogen) atoms. The van der Waals surface area contributed by atoms with Crippen molar-refractivity contribution in [2.75, 3.05) is 29.9 Å². The normalized spacial score (nSPS) is 18.7. The summed E-state index contributed by atoms with van der Waals surface area (Å²) in [7, 11) is 0. The first kappa shape index (κ1) is 10.1. The summed E-state index contributed by atoms with van der Waals surface area (Å²) >= 11 is 0. The minimum absolute atomic E-state index is 0.0597. The molecule has 0 bridgehead atoms. The molecule has 88 valence electrons. The summed E-state index contributed by atoms with van der Waals surface area (Å²) in [5, 5.41) is 5.81. The molecule has 0 unspecified atom stereocenters. The summed E-state index contributed by atoms with van der Waals surface area (Å²) in [6.45, 7) is 1.15.